The van der Waals surface area contributed by atoms with Crippen LogP contribution in [0.4, 0.5) is 10.1 Å². The molecule has 0 spiro atoms. The Hall–Kier alpha value is -4.02. The number of rotatable bonds is 13. The lowest BCUT2D eigenvalue weighted by molar-refractivity contribution is -0.140. The molecule has 10 heteroatoms. The van der Waals surface area contributed by atoms with Crippen LogP contribution in [-0.2, 0) is 32.6 Å². The highest BCUT2D eigenvalue weighted by atomic mass is 79.9. The molecule has 2 amide bonds. The molecule has 44 heavy (non-hydrogen) atoms. The number of anilines is 1. The zero-order valence-corrected chi connectivity index (χ0v) is 27.0. The Morgan fingerprint density at radius 2 is 1.45 bits per heavy atom. The minimum atomic E-state index is -4.25. The summed E-state index contributed by atoms with van der Waals surface area (Å²) in [6.07, 6.45) is 0.215. The predicted octanol–water partition coefficient (Wildman–Crippen LogP) is 6.20. The van der Waals surface area contributed by atoms with Crippen LogP contribution in [0, 0.1) is 11.7 Å². The topological polar surface area (TPSA) is 86.8 Å². The van der Waals surface area contributed by atoms with Gasteiger partial charge in [-0.25, -0.2) is 12.8 Å². The number of nitrogens with zero attached hydrogens (tertiary/aromatic N) is 2. The summed E-state index contributed by atoms with van der Waals surface area (Å²) in [7, 11) is -4.25. The van der Waals surface area contributed by atoms with Crippen molar-refractivity contribution in [2.75, 3.05) is 17.4 Å². The molecular weight excluding hydrogens is 645 g/mol. The van der Waals surface area contributed by atoms with Crippen molar-refractivity contribution in [2.24, 2.45) is 5.92 Å². The van der Waals surface area contributed by atoms with Gasteiger partial charge >= 0.3 is 0 Å². The Kier molecular flexibility index (Phi) is 11.3. The molecule has 0 saturated carbocycles. The second kappa shape index (κ2) is 15.1. The quantitative estimate of drug-likeness (QED) is 0.182. The van der Waals surface area contributed by atoms with Gasteiger partial charge in [-0.3, -0.25) is 13.9 Å². The second-order valence-corrected chi connectivity index (χ2v) is 13.6. The first kappa shape index (κ1) is 32.9. The minimum Gasteiger partial charge on any atom is -0.354 e. The van der Waals surface area contributed by atoms with Gasteiger partial charge in [-0.15, -0.1) is 0 Å². The summed E-state index contributed by atoms with van der Waals surface area (Å²) in [5.74, 6) is -1.30. The molecule has 0 saturated heterocycles. The van der Waals surface area contributed by atoms with E-state index in [9.17, 15) is 22.4 Å². The molecule has 0 unspecified atom stereocenters. The maximum atomic E-state index is 14.4. The standard InChI is InChI=1S/C34H35BrFN3O4S/c1-25(2)22-37-34(41)32(21-26-10-5-3-6-11-26)38(23-27-12-9-13-28(35)20-27)33(40)24-39(30-18-16-29(36)17-19-30)44(42,43)31-14-7-4-8-15-31/h3-20,25,32H,21-24H2,1-2H3,(H,37,41)/t32-/m1/s1. The molecule has 230 valence electrons. The SMILES string of the molecule is CC(C)CNC(=O)[C@@H](Cc1ccccc1)N(Cc1cccc(Br)c1)C(=O)CN(c1ccc(F)cc1)S(=O)(=O)c1ccccc1. The molecule has 0 aliphatic rings. The van der Waals surface area contributed by atoms with E-state index in [1.54, 1.807) is 18.2 Å². The van der Waals surface area contributed by atoms with Crippen molar-refractivity contribution < 1.29 is 22.4 Å². The van der Waals surface area contributed by atoms with Crippen molar-refractivity contribution in [1.82, 2.24) is 10.2 Å². The fourth-order valence-corrected chi connectivity index (χ4v) is 6.55. The second-order valence-electron chi connectivity index (χ2n) is 10.8. The molecule has 0 heterocycles. The van der Waals surface area contributed by atoms with Gasteiger partial charge in [-0.1, -0.05) is 90.4 Å². The molecular formula is C34H35BrFN3O4S. The van der Waals surface area contributed by atoms with E-state index in [-0.39, 0.29) is 35.4 Å². The maximum Gasteiger partial charge on any atom is 0.264 e. The summed E-state index contributed by atoms with van der Waals surface area (Å²) in [5.41, 5.74) is 1.72. The number of sulfonamides is 1. The number of carbonyl (C=O) groups is 2. The van der Waals surface area contributed by atoms with Crippen molar-refractivity contribution >= 4 is 43.5 Å². The number of nitrogens with one attached hydrogen (secondary N) is 1. The molecule has 1 atom stereocenters. The van der Waals surface area contributed by atoms with Gasteiger partial charge < -0.3 is 10.2 Å². The zero-order chi connectivity index (χ0) is 31.7. The lowest BCUT2D eigenvalue weighted by Gasteiger charge is -2.34. The van der Waals surface area contributed by atoms with Crippen LogP contribution in [0.3, 0.4) is 0 Å². The van der Waals surface area contributed by atoms with Gasteiger partial charge in [0.1, 0.15) is 18.4 Å². The van der Waals surface area contributed by atoms with E-state index < -0.39 is 34.3 Å². The number of benzene rings is 4. The normalized spacial score (nSPS) is 12.0. The summed E-state index contributed by atoms with van der Waals surface area (Å²) < 4.78 is 43.5. The van der Waals surface area contributed by atoms with Gasteiger partial charge in [0.15, 0.2) is 0 Å². The summed E-state index contributed by atoms with van der Waals surface area (Å²) in [6.45, 7) is 3.80. The average molecular weight is 681 g/mol. The lowest BCUT2D eigenvalue weighted by Crippen LogP contribution is -2.53. The summed E-state index contributed by atoms with van der Waals surface area (Å²) in [5, 5.41) is 2.97. The maximum absolute atomic E-state index is 14.4. The highest BCUT2D eigenvalue weighted by molar-refractivity contribution is 9.10. The highest BCUT2D eigenvalue weighted by Gasteiger charge is 2.34. The Bertz CT molecular complexity index is 1650. The van der Waals surface area contributed by atoms with E-state index in [1.807, 2.05) is 68.4 Å². The first-order chi connectivity index (χ1) is 21.0. The van der Waals surface area contributed by atoms with Crippen LogP contribution >= 0.6 is 15.9 Å². The number of carbonyl (C=O) groups excluding carboxylic acids is 2. The molecule has 0 bridgehead atoms. The summed E-state index contributed by atoms with van der Waals surface area (Å²) >= 11 is 3.48. The number of hydrogen-bond donors (Lipinski definition) is 1. The summed E-state index contributed by atoms with van der Waals surface area (Å²) in [4.78, 5) is 29.6. The molecule has 0 radical (unpaired) electrons. The van der Waals surface area contributed by atoms with Crippen molar-refractivity contribution in [2.45, 2.75) is 37.8 Å². The molecule has 0 aliphatic heterocycles. The molecule has 0 aliphatic carbocycles. The van der Waals surface area contributed by atoms with Gasteiger partial charge in [0.25, 0.3) is 10.0 Å². The first-order valence-corrected chi connectivity index (χ1v) is 16.5. The zero-order valence-electron chi connectivity index (χ0n) is 24.6. The van der Waals surface area contributed by atoms with Crippen molar-refractivity contribution in [3.63, 3.8) is 0 Å². The smallest absolute Gasteiger partial charge is 0.264 e. The fraction of sp³-hybridized carbons (Fsp3) is 0.235. The Morgan fingerprint density at radius 1 is 0.841 bits per heavy atom. The third-order valence-corrected chi connectivity index (χ3v) is 9.20. The molecule has 4 aromatic carbocycles. The van der Waals surface area contributed by atoms with Crippen molar-refractivity contribution in [3.05, 3.63) is 131 Å². The lowest BCUT2D eigenvalue weighted by atomic mass is 10.0. The third kappa shape index (κ3) is 8.76. The Balaban J connectivity index is 1.79. The third-order valence-electron chi connectivity index (χ3n) is 6.92. The minimum absolute atomic E-state index is 0.0221. The Morgan fingerprint density at radius 3 is 2.07 bits per heavy atom. The van der Waals surface area contributed by atoms with Crippen LogP contribution < -0.4 is 9.62 Å². The van der Waals surface area contributed by atoms with Crippen LogP contribution in [0.2, 0.25) is 0 Å². The summed E-state index contributed by atoms with van der Waals surface area (Å²) in [6, 6.07) is 28.5. The van der Waals surface area contributed by atoms with Crippen LogP contribution in [0.15, 0.2) is 119 Å². The van der Waals surface area contributed by atoms with Crippen LogP contribution in [0.5, 0.6) is 0 Å². The fourth-order valence-electron chi connectivity index (χ4n) is 4.66. The van der Waals surface area contributed by atoms with Crippen LogP contribution in [-0.4, -0.2) is 44.3 Å². The van der Waals surface area contributed by atoms with Crippen molar-refractivity contribution in [1.29, 1.82) is 0 Å². The van der Waals surface area contributed by atoms with E-state index in [1.165, 1.54) is 29.2 Å². The molecule has 0 fully saturated rings. The van der Waals surface area contributed by atoms with E-state index in [0.29, 0.717) is 6.54 Å². The van der Waals surface area contributed by atoms with E-state index in [4.69, 9.17) is 0 Å². The van der Waals surface area contributed by atoms with Crippen LogP contribution in [0.1, 0.15) is 25.0 Å². The largest absolute Gasteiger partial charge is 0.354 e. The van der Waals surface area contributed by atoms with Gasteiger partial charge in [-0.2, -0.15) is 0 Å². The van der Waals surface area contributed by atoms with Gasteiger partial charge in [0.05, 0.1) is 10.6 Å². The number of halogens is 2. The van der Waals surface area contributed by atoms with Crippen molar-refractivity contribution in [3.8, 4) is 0 Å². The molecule has 7 nitrogen and oxygen atoms in total. The van der Waals surface area contributed by atoms with Gasteiger partial charge in [0, 0.05) is 24.0 Å². The molecule has 1 N–H and O–H groups in total. The highest BCUT2D eigenvalue weighted by Crippen LogP contribution is 2.25. The first-order valence-electron chi connectivity index (χ1n) is 14.2. The number of hydrogen-bond acceptors (Lipinski definition) is 4. The molecule has 4 aromatic rings. The van der Waals surface area contributed by atoms with Crippen LogP contribution in [0.25, 0.3) is 0 Å². The molecule has 0 aromatic heterocycles. The molecule has 4 rings (SSSR count). The van der Waals surface area contributed by atoms with E-state index in [0.717, 1.165) is 32.0 Å². The van der Waals surface area contributed by atoms with Gasteiger partial charge in [0.2, 0.25) is 11.8 Å². The van der Waals surface area contributed by atoms with E-state index >= 15 is 0 Å². The predicted molar refractivity (Wildman–Crippen MR) is 174 cm³/mol. The monoisotopic (exact) mass is 679 g/mol. The average Bonchev–Trinajstić information content (AvgIpc) is 3.01. The van der Waals surface area contributed by atoms with E-state index in [2.05, 4.69) is 21.2 Å². The number of amides is 2. The Labute approximate surface area is 266 Å². The van der Waals surface area contributed by atoms with Gasteiger partial charge in [-0.05, 0) is 65.6 Å².